The van der Waals surface area contributed by atoms with Gasteiger partial charge in [-0.1, -0.05) is 11.6 Å². The lowest BCUT2D eigenvalue weighted by Gasteiger charge is -2.09. The zero-order valence-electron chi connectivity index (χ0n) is 8.15. The Morgan fingerprint density at radius 2 is 2.47 bits per heavy atom. The summed E-state index contributed by atoms with van der Waals surface area (Å²) in [4.78, 5) is 7.89. The summed E-state index contributed by atoms with van der Waals surface area (Å²) in [6, 6.07) is 0. The summed E-state index contributed by atoms with van der Waals surface area (Å²) in [5.41, 5.74) is 5.58. The Balaban J connectivity index is 1.95. The molecular formula is C9H12ClN3OS. The maximum absolute atomic E-state index is 5.97. The molecule has 82 valence electrons. The topological polar surface area (TPSA) is 61.0 Å². The van der Waals surface area contributed by atoms with Gasteiger partial charge in [0.15, 0.2) is 0 Å². The van der Waals surface area contributed by atoms with Gasteiger partial charge in [0.25, 0.3) is 0 Å². The number of aromatic nitrogens is 2. The van der Waals surface area contributed by atoms with E-state index in [1.165, 1.54) is 6.33 Å². The van der Waals surface area contributed by atoms with Crippen molar-refractivity contribution in [2.75, 3.05) is 18.1 Å². The van der Waals surface area contributed by atoms with Crippen molar-refractivity contribution in [3.8, 4) is 0 Å². The van der Waals surface area contributed by atoms with Crippen LogP contribution in [0.2, 0.25) is 5.02 Å². The molecule has 1 atom stereocenters. The molecule has 2 rings (SSSR count). The van der Waals surface area contributed by atoms with E-state index in [1.54, 1.807) is 11.8 Å². The minimum atomic E-state index is 0.322. The highest BCUT2D eigenvalue weighted by Gasteiger charge is 2.17. The number of halogens is 1. The molecule has 0 amide bonds. The molecule has 1 aromatic heterocycles. The van der Waals surface area contributed by atoms with Gasteiger partial charge in [-0.2, -0.15) is 0 Å². The number of nitrogens with zero attached hydrogens (tertiary/aromatic N) is 2. The Morgan fingerprint density at radius 3 is 3.20 bits per heavy atom. The van der Waals surface area contributed by atoms with Crippen molar-refractivity contribution < 1.29 is 4.74 Å². The predicted octanol–water partition coefficient (Wildman–Crippen LogP) is 1.98. The molecule has 0 bridgehead atoms. The van der Waals surface area contributed by atoms with E-state index in [1.807, 2.05) is 0 Å². The number of hydrogen-bond donors (Lipinski definition) is 1. The van der Waals surface area contributed by atoms with Crippen LogP contribution in [0.5, 0.6) is 0 Å². The third-order valence-corrected chi connectivity index (χ3v) is 3.82. The predicted molar refractivity (Wildman–Crippen MR) is 61.2 cm³/mol. The summed E-state index contributed by atoms with van der Waals surface area (Å²) in [6.45, 7) is 0.866. The van der Waals surface area contributed by atoms with Gasteiger partial charge in [0.1, 0.15) is 22.2 Å². The van der Waals surface area contributed by atoms with E-state index < -0.39 is 0 Å². The highest BCUT2D eigenvalue weighted by molar-refractivity contribution is 7.99. The number of nitrogens with two attached hydrogens (primary N) is 1. The van der Waals surface area contributed by atoms with Crippen molar-refractivity contribution in [3.05, 3.63) is 11.3 Å². The molecule has 2 heterocycles. The molecule has 15 heavy (non-hydrogen) atoms. The van der Waals surface area contributed by atoms with Crippen molar-refractivity contribution in [1.82, 2.24) is 9.97 Å². The van der Waals surface area contributed by atoms with Gasteiger partial charge in [-0.25, -0.2) is 9.97 Å². The van der Waals surface area contributed by atoms with Crippen LogP contribution in [0.4, 0.5) is 5.82 Å². The second-order valence-electron chi connectivity index (χ2n) is 3.32. The third kappa shape index (κ3) is 2.74. The van der Waals surface area contributed by atoms with Crippen molar-refractivity contribution in [3.63, 3.8) is 0 Å². The van der Waals surface area contributed by atoms with Crippen LogP contribution in [0, 0.1) is 0 Å². The smallest absolute Gasteiger partial charge is 0.146 e. The average molecular weight is 246 g/mol. The largest absolute Gasteiger partial charge is 0.382 e. The second-order valence-corrected chi connectivity index (χ2v) is 4.71. The quantitative estimate of drug-likeness (QED) is 0.652. The van der Waals surface area contributed by atoms with Gasteiger partial charge in [0.2, 0.25) is 0 Å². The van der Waals surface area contributed by atoms with E-state index in [4.69, 9.17) is 22.1 Å². The Hall–Kier alpha value is -0.520. The summed E-state index contributed by atoms with van der Waals surface area (Å²) in [5.74, 6) is 1.21. The maximum Gasteiger partial charge on any atom is 0.146 e. The molecular weight excluding hydrogens is 234 g/mol. The van der Waals surface area contributed by atoms with Crippen LogP contribution >= 0.6 is 23.4 Å². The fourth-order valence-electron chi connectivity index (χ4n) is 1.41. The molecule has 6 heteroatoms. The first-order valence-electron chi connectivity index (χ1n) is 4.77. The summed E-state index contributed by atoms with van der Waals surface area (Å²) in [7, 11) is 0. The molecule has 0 saturated carbocycles. The Kier molecular flexibility index (Phi) is 3.66. The number of thioether (sulfide) groups is 1. The van der Waals surface area contributed by atoms with Gasteiger partial charge in [0.05, 0.1) is 6.10 Å². The van der Waals surface area contributed by atoms with Crippen molar-refractivity contribution >= 4 is 29.2 Å². The monoisotopic (exact) mass is 245 g/mol. The number of rotatable bonds is 3. The molecule has 4 nitrogen and oxygen atoms in total. The fourth-order valence-corrected chi connectivity index (χ4v) is 2.64. The third-order valence-electron chi connectivity index (χ3n) is 2.21. The van der Waals surface area contributed by atoms with Gasteiger partial charge in [-0.05, 0) is 12.8 Å². The normalized spacial score (nSPS) is 20.7. The Bertz CT molecular complexity index is 344. The molecule has 2 N–H and O–H groups in total. The molecule has 1 saturated heterocycles. The molecule has 0 aliphatic carbocycles. The lowest BCUT2D eigenvalue weighted by molar-refractivity contribution is 0.129. The molecule has 1 unspecified atom stereocenters. The lowest BCUT2D eigenvalue weighted by Crippen LogP contribution is -2.08. The van der Waals surface area contributed by atoms with E-state index in [0.29, 0.717) is 16.9 Å². The zero-order chi connectivity index (χ0) is 10.7. The van der Waals surface area contributed by atoms with Gasteiger partial charge in [0, 0.05) is 12.4 Å². The molecule has 0 radical (unpaired) electrons. The van der Waals surface area contributed by atoms with Gasteiger partial charge < -0.3 is 10.5 Å². The van der Waals surface area contributed by atoms with E-state index in [9.17, 15) is 0 Å². The maximum atomic E-state index is 5.97. The van der Waals surface area contributed by atoms with Crippen molar-refractivity contribution in [2.45, 2.75) is 24.0 Å². The van der Waals surface area contributed by atoms with E-state index in [-0.39, 0.29) is 0 Å². The highest BCUT2D eigenvalue weighted by atomic mass is 35.5. The second kappa shape index (κ2) is 5.01. The SMILES string of the molecule is Nc1ncnc(SCC2CCCO2)c1Cl. The van der Waals surface area contributed by atoms with E-state index >= 15 is 0 Å². The number of ether oxygens (including phenoxy) is 1. The molecule has 0 spiro atoms. The number of hydrogen-bond acceptors (Lipinski definition) is 5. The van der Waals surface area contributed by atoms with Crippen molar-refractivity contribution in [2.24, 2.45) is 0 Å². The molecule has 1 aliphatic rings. The van der Waals surface area contributed by atoms with Crippen molar-refractivity contribution in [1.29, 1.82) is 0 Å². The van der Waals surface area contributed by atoms with Crippen LogP contribution in [-0.2, 0) is 4.74 Å². The molecule has 1 aliphatic heterocycles. The molecule has 1 fully saturated rings. The Morgan fingerprint density at radius 1 is 1.60 bits per heavy atom. The lowest BCUT2D eigenvalue weighted by atomic mass is 10.3. The molecule has 1 aromatic rings. The van der Waals surface area contributed by atoms with Gasteiger partial charge >= 0.3 is 0 Å². The first-order chi connectivity index (χ1) is 7.27. The minimum Gasteiger partial charge on any atom is -0.382 e. The first kappa shape index (κ1) is 11.0. The standard InChI is InChI=1S/C9H12ClN3OS/c10-7-8(11)12-5-13-9(7)15-4-6-2-1-3-14-6/h5-6H,1-4H2,(H2,11,12,13). The van der Waals surface area contributed by atoms with Gasteiger partial charge in [-0.15, -0.1) is 11.8 Å². The minimum absolute atomic E-state index is 0.322. The van der Waals surface area contributed by atoms with Gasteiger partial charge in [-0.3, -0.25) is 0 Å². The first-order valence-corrected chi connectivity index (χ1v) is 6.14. The summed E-state index contributed by atoms with van der Waals surface area (Å²) >= 11 is 7.54. The summed E-state index contributed by atoms with van der Waals surface area (Å²) in [5, 5.41) is 1.18. The van der Waals surface area contributed by atoms with Crippen LogP contribution in [0.25, 0.3) is 0 Å². The van der Waals surface area contributed by atoms with E-state index in [2.05, 4.69) is 9.97 Å². The van der Waals surface area contributed by atoms with Crippen LogP contribution in [0.15, 0.2) is 11.4 Å². The van der Waals surface area contributed by atoms with Crippen LogP contribution in [-0.4, -0.2) is 28.4 Å². The number of anilines is 1. The van der Waals surface area contributed by atoms with Crippen LogP contribution < -0.4 is 5.73 Å². The highest BCUT2D eigenvalue weighted by Crippen LogP contribution is 2.30. The average Bonchev–Trinajstić information content (AvgIpc) is 2.73. The summed E-state index contributed by atoms with van der Waals surface area (Å²) in [6.07, 6.45) is 4.01. The number of nitrogen functional groups attached to an aromatic ring is 1. The zero-order valence-corrected chi connectivity index (χ0v) is 9.72. The van der Waals surface area contributed by atoms with Crippen LogP contribution in [0.3, 0.4) is 0 Å². The van der Waals surface area contributed by atoms with E-state index in [0.717, 1.165) is 30.2 Å². The summed E-state index contributed by atoms with van der Waals surface area (Å²) < 4.78 is 5.51. The van der Waals surface area contributed by atoms with Crippen LogP contribution in [0.1, 0.15) is 12.8 Å². The molecule has 0 aromatic carbocycles. The Labute approximate surface area is 97.6 Å². The fraction of sp³-hybridized carbons (Fsp3) is 0.556.